The maximum Gasteiger partial charge on any atom is 0.253 e. The Labute approximate surface area is 160 Å². The van der Waals surface area contributed by atoms with Gasteiger partial charge >= 0.3 is 0 Å². The van der Waals surface area contributed by atoms with Gasteiger partial charge in [0, 0.05) is 36.4 Å². The minimum absolute atomic E-state index is 0.0548. The molecule has 2 amide bonds. The molecule has 142 valence electrons. The molecule has 1 saturated heterocycles. The second-order valence-corrected chi connectivity index (χ2v) is 8.27. The molecule has 6 heteroatoms. The standard InChI is InChI=1S/C20H28ClN3O2/c1-20(2,13-21)19(26)23-15-8-9-17(24-10-4-3-5-11-24)16(12-15)18(25)22-14-6-7-14/h8-9,12,14H,3-7,10-11,13H2,1-2H3,(H,22,25)(H,23,26). The Morgan fingerprint density at radius 1 is 1.19 bits per heavy atom. The van der Waals surface area contributed by atoms with Crippen LogP contribution in [0.4, 0.5) is 11.4 Å². The average Bonchev–Trinajstić information content (AvgIpc) is 3.46. The Bertz CT molecular complexity index is 680. The summed E-state index contributed by atoms with van der Waals surface area (Å²) in [5.74, 6) is 0.0345. The minimum Gasteiger partial charge on any atom is -0.371 e. The fraction of sp³-hybridized carbons (Fsp3) is 0.600. The molecule has 2 fully saturated rings. The maximum atomic E-state index is 12.8. The summed E-state index contributed by atoms with van der Waals surface area (Å²) in [6.45, 7) is 5.54. The predicted molar refractivity (Wildman–Crippen MR) is 106 cm³/mol. The van der Waals surface area contributed by atoms with Crippen molar-refractivity contribution < 1.29 is 9.59 Å². The van der Waals surface area contributed by atoms with Crippen molar-refractivity contribution in [1.29, 1.82) is 0 Å². The number of alkyl halides is 1. The summed E-state index contributed by atoms with van der Waals surface area (Å²) in [6.07, 6.45) is 5.62. The molecule has 0 atom stereocenters. The van der Waals surface area contributed by atoms with Crippen LogP contribution in [0.15, 0.2) is 18.2 Å². The van der Waals surface area contributed by atoms with E-state index in [0.717, 1.165) is 44.5 Å². The van der Waals surface area contributed by atoms with Crippen LogP contribution in [-0.4, -0.2) is 36.8 Å². The van der Waals surface area contributed by atoms with Gasteiger partial charge in [0.05, 0.1) is 11.0 Å². The zero-order chi connectivity index (χ0) is 18.7. The van der Waals surface area contributed by atoms with Crippen LogP contribution in [0.2, 0.25) is 0 Å². The van der Waals surface area contributed by atoms with Crippen molar-refractivity contribution in [2.75, 3.05) is 29.2 Å². The number of carbonyl (C=O) groups is 2. The number of anilines is 2. The van der Waals surface area contributed by atoms with Gasteiger partial charge in [0.2, 0.25) is 5.91 Å². The van der Waals surface area contributed by atoms with E-state index in [-0.39, 0.29) is 17.7 Å². The fourth-order valence-electron chi connectivity index (χ4n) is 3.06. The number of amides is 2. The van der Waals surface area contributed by atoms with Crippen molar-refractivity contribution in [2.24, 2.45) is 5.41 Å². The highest BCUT2D eigenvalue weighted by Crippen LogP contribution is 2.29. The number of nitrogens with zero attached hydrogens (tertiary/aromatic N) is 1. The van der Waals surface area contributed by atoms with Gasteiger partial charge in [-0.25, -0.2) is 0 Å². The first-order valence-electron chi connectivity index (χ1n) is 9.48. The molecule has 2 N–H and O–H groups in total. The second kappa shape index (κ2) is 7.87. The highest BCUT2D eigenvalue weighted by atomic mass is 35.5. The zero-order valence-electron chi connectivity index (χ0n) is 15.6. The van der Waals surface area contributed by atoms with E-state index in [1.807, 2.05) is 12.1 Å². The molecule has 0 bridgehead atoms. The summed E-state index contributed by atoms with van der Waals surface area (Å²) in [5.41, 5.74) is 1.57. The molecule has 3 rings (SSSR count). The van der Waals surface area contributed by atoms with Crippen molar-refractivity contribution in [3.63, 3.8) is 0 Å². The molecule has 1 heterocycles. The first-order valence-corrected chi connectivity index (χ1v) is 10.0. The number of carbonyl (C=O) groups excluding carboxylic acids is 2. The van der Waals surface area contributed by atoms with E-state index >= 15 is 0 Å². The second-order valence-electron chi connectivity index (χ2n) is 8.00. The van der Waals surface area contributed by atoms with E-state index < -0.39 is 5.41 Å². The third-order valence-corrected chi connectivity index (χ3v) is 5.73. The molecule has 1 saturated carbocycles. The van der Waals surface area contributed by atoms with Crippen molar-refractivity contribution in [3.05, 3.63) is 23.8 Å². The Morgan fingerprint density at radius 2 is 1.88 bits per heavy atom. The molecular formula is C20H28ClN3O2. The van der Waals surface area contributed by atoms with Crippen LogP contribution in [0.3, 0.4) is 0 Å². The Kier molecular flexibility index (Phi) is 5.76. The van der Waals surface area contributed by atoms with Gasteiger partial charge in [-0.3, -0.25) is 9.59 Å². The van der Waals surface area contributed by atoms with E-state index in [1.165, 1.54) is 6.42 Å². The van der Waals surface area contributed by atoms with Crippen molar-refractivity contribution in [3.8, 4) is 0 Å². The molecule has 1 aliphatic heterocycles. The quantitative estimate of drug-likeness (QED) is 0.742. The number of hydrogen-bond donors (Lipinski definition) is 2. The third-order valence-electron chi connectivity index (χ3n) is 5.06. The number of hydrogen-bond acceptors (Lipinski definition) is 3. The summed E-state index contributed by atoms with van der Waals surface area (Å²) in [4.78, 5) is 27.5. The number of piperidine rings is 1. The first kappa shape index (κ1) is 19.0. The molecule has 0 spiro atoms. The number of nitrogens with one attached hydrogen (secondary N) is 2. The maximum absolute atomic E-state index is 12.8. The van der Waals surface area contributed by atoms with Crippen LogP contribution < -0.4 is 15.5 Å². The molecule has 1 aliphatic carbocycles. The lowest BCUT2D eigenvalue weighted by Crippen LogP contribution is -2.34. The SMILES string of the molecule is CC(C)(CCl)C(=O)Nc1ccc(N2CCCCC2)c(C(=O)NC2CC2)c1. The van der Waals surface area contributed by atoms with Gasteiger partial charge in [-0.15, -0.1) is 11.6 Å². The summed E-state index contributed by atoms with van der Waals surface area (Å²) >= 11 is 5.90. The molecule has 26 heavy (non-hydrogen) atoms. The number of rotatable bonds is 6. The molecule has 1 aromatic carbocycles. The van der Waals surface area contributed by atoms with Gasteiger partial charge in [0.25, 0.3) is 5.91 Å². The van der Waals surface area contributed by atoms with Crippen LogP contribution in [0.25, 0.3) is 0 Å². The lowest BCUT2D eigenvalue weighted by molar-refractivity contribution is -0.122. The van der Waals surface area contributed by atoms with Crippen molar-refractivity contribution >= 4 is 34.8 Å². The highest BCUT2D eigenvalue weighted by Gasteiger charge is 2.29. The topological polar surface area (TPSA) is 61.4 Å². The van der Waals surface area contributed by atoms with Crippen LogP contribution in [0.5, 0.6) is 0 Å². The summed E-state index contributed by atoms with van der Waals surface area (Å²) < 4.78 is 0. The molecule has 5 nitrogen and oxygen atoms in total. The zero-order valence-corrected chi connectivity index (χ0v) is 16.4. The summed E-state index contributed by atoms with van der Waals surface area (Å²) in [7, 11) is 0. The van der Waals surface area contributed by atoms with Gasteiger partial charge in [0.1, 0.15) is 0 Å². The van der Waals surface area contributed by atoms with Gasteiger partial charge in [0.15, 0.2) is 0 Å². The lowest BCUT2D eigenvalue weighted by atomic mass is 9.95. The van der Waals surface area contributed by atoms with E-state index in [9.17, 15) is 9.59 Å². The normalized spacial score (nSPS) is 17.7. The smallest absolute Gasteiger partial charge is 0.253 e. The third kappa shape index (κ3) is 4.50. The van der Waals surface area contributed by atoms with Crippen LogP contribution in [-0.2, 0) is 4.79 Å². The number of halogens is 1. The van der Waals surface area contributed by atoms with Crippen LogP contribution in [0, 0.1) is 5.41 Å². The highest BCUT2D eigenvalue weighted by molar-refractivity contribution is 6.20. The molecule has 0 aromatic heterocycles. The fourth-order valence-corrected chi connectivity index (χ4v) is 3.18. The number of benzene rings is 1. The summed E-state index contributed by atoms with van der Waals surface area (Å²) in [5, 5.41) is 5.98. The van der Waals surface area contributed by atoms with Crippen molar-refractivity contribution in [1.82, 2.24) is 5.32 Å². The van der Waals surface area contributed by atoms with E-state index in [2.05, 4.69) is 15.5 Å². The van der Waals surface area contributed by atoms with Gasteiger partial charge < -0.3 is 15.5 Å². The molecule has 0 unspecified atom stereocenters. The molecule has 0 radical (unpaired) electrons. The Morgan fingerprint density at radius 3 is 2.50 bits per heavy atom. The van der Waals surface area contributed by atoms with Crippen LogP contribution >= 0.6 is 11.6 Å². The minimum atomic E-state index is -0.663. The van der Waals surface area contributed by atoms with Gasteiger partial charge in [-0.05, 0) is 64.2 Å². The van der Waals surface area contributed by atoms with E-state index in [4.69, 9.17) is 11.6 Å². The molecule has 1 aromatic rings. The average molecular weight is 378 g/mol. The van der Waals surface area contributed by atoms with Crippen LogP contribution in [0.1, 0.15) is 56.3 Å². The molecular weight excluding hydrogens is 350 g/mol. The Hall–Kier alpha value is -1.75. The van der Waals surface area contributed by atoms with E-state index in [0.29, 0.717) is 17.3 Å². The van der Waals surface area contributed by atoms with Gasteiger partial charge in [-0.2, -0.15) is 0 Å². The largest absolute Gasteiger partial charge is 0.371 e. The lowest BCUT2D eigenvalue weighted by Gasteiger charge is -2.30. The monoisotopic (exact) mass is 377 g/mol. The van der Waals surface area contributed by atoms with Crippen molar-refractivity contribution in [2.45, 2.75) is 52.0 Å². The molecule has 2 aliphatic rings. The van der Waals surface area contributed by atoms with Gasteiger partial charge in [-0.1, -0.05) is 0 Å². The summed E-state index contributed by atoms with van der Waals surface area (Å²) in [6, 6.07) is 5.92. The van der Waals surface area contributed by atoms with E-state index in [1.54, 1.807) is 19.9 Å². The Balaban J connectivity index is 1.85. The predicted octanol–water partition coefficient (Wildman–Crippen LogP) is 3.77. The first-order chi connectivity index (χ1) is 12.4.